The first kappa shape index (κ1) is 17.5. The van der Waals surface area contributed by atoms with Crippen molar-refractivity contribution in [3.63, 3.8) is 0 Å². The number of hydrogen-bond acceptors (Lipinski definition) is 7. The summed E-state index contributed by atoms with van der Waals surface area (Å²) in [5.74, 6) is -1.61. The summed E-state index contributed by atoms with van der Waals surface area (Å²) >= 11 is 0. The number of benzene rings is 2. The van der Waals surface area contributed by atoms with Gasteiger partial charge in [-0.05, 0) is 18.2 Å². The van der Waals surface area contributed by atoms with E-state index in [4.69, 9.17) is 4.74 Å². The molecule has 0 saturated carbocycles. The topological polar surface area (TPSA) is 142 Å². The van der Waals surface area contributed by atoms with Crippen LogP contribution in [0.4, 0.5) is 17.1 Å². The lowest BCUT2D eigenvalue weighted by molar-refractivity contribution is -0.384. The molecule has 0 radical (unpaired) electrons. The number of esters is 1. The Bertz CT molecular complexity index is 833. The van der Waals surface area contributed by atoms with Gasteiger partial charge in [-0.1, -0.05) is 12.1 Å². The molecule has 0 heterocycles. The number of para-hydroxylation sites is 2. The van der Waals surface area contributed by atoms with Crippen LogP contribution < -0.4 is 5.32 Å². The zero-order valence-electron chi connectivity index (χ0n) is 12.6. The highest BCUT2D eigenvalue weighted by Crippen LogP contribution is 2.23. The molecule has 0 aliphatic heterocycles. The molecule has 0 spiro atoms. The maximum absolute atomic E-state index is 11.8. The molecule has 1 N–H and O–H groups in total. The Morgan fingerprint density at radius 1 is 0.960 bits per heavy atom. The minimum atomic E-state index is -0.854. The third kappa shape index (κ3) is 4.58. The fourth-order valence-electron chi connectivity index (χ4n) is 1.86. The molecule has 0 saturated heterocycles. The first-order valence-electron chi connectivity index (χ1n) is 6.83. The van der Waals surface area contributed by atoms with Crippen LogP contribution in [0.15, 0.2) is 48.5 Å². The maximum Gasteiger partial charge on any atom is 0.338 e. The van der Waals surface area contributed by atoms with Gasteiger partial charge < -0.3 is 10.1 Å². The lowest BCUT2D eigenvalue weighted by Crippen LogP contribution is -2.21. The van der Waals surface area contributed by atoms with Crippen molar-refractivity contribution < 1.29 is 24.2 Å². The predicted molar refractivity (Wildman–Crippen MR) is 85.1 cm³/mol. The Hall–Kier alpha value is -3.82. The fraction of sp³-hybridized carbons (Fsp3) is 0.0667. The van der Waals surface area contributed by atoms with E-state index in [0.29, 0.717) is 0 Å². The summed E-state index contributed by atoms with van der Waals surface area (Å²) in [7, 11) is 0. The van der Waals surface area contributed by atoms with Crippen molar-refractivity contribution in [2.24, 2.45) is 0 Å². The molecule has 0 unspecified atom stereocenters. The normalized spacial score (nSPS) is 9.92. The van der Waals surface area contributed by atoms with Gasteiger partial charge in [0.05, 0.1) is 15.4 Å². The van der Waals surface area contributed by atoms with E-state index in [1.807, 2.05) is 0 Å². The van der Waals surface area contributed by atoms with Gasteiger partial charge in [-0.3, -0.25) is 25.0 Å². The number of rotatable bonds is 6. The van der Waals surface area contributed by atoms with Crippen molar-refractivity contribution >= 4 is 28.9 Å². The molecule has 10 nitrogen and oxygen atoms in total. The molecule has 0 atom stereocenters. The van der Waals surface area contributed by atoms with E-state index in [1.165, 1.54) is 36.4 Å². The monoisotopic (exact) mass is 345 g/mol. The van der Waals surface area contributed by atoms with Crippen LogP contribution in [0.5, 0.6) is 0 Å². The molecule has 0 aromatic heterocycles. The molecular formula is C15H11N3O7. The Morgan fingerprint density at radius 2 is 1.60 bits per heavy atom. The molecule has 0 bridgehead atoms. The Kier molecular flexibility index (Phi) is 5.36. The smallest absolute Gasteiger partial charge is 0.338 e. The molecule has 2 aromatic carbocycles. The molecule has 2 aromatic rings. The van der Waals surface area contributed by atoms with Crippen LogP contribution in [0.3, 0.4) is 0 Å². The third-order valence-electron chi connectivity index (χ3n) is 3.02. The molecule has 128 valence electrons. The van der Waals surface area contributed by atoms with Crippen molar-refractivity contribution in [3.8, 4) is 0 Å². The van der Waals surface area contributed by atoms with Crippen LogP contribution in [0, 0.1) is 20.2 Å². The van der Waals surface area contributed by atoms with E-state index in [-0.39, 0.29) is 22.6 Å². The zero-order valence-corrected chi connectivity index (χ0v) is 12.6. The van der Waals surface area contributed by atoms with Gasteiger partial charge in [0.1, 0.15) is 5.69 Å². The van der Waals surface area contributed by atoms with Crippen LogP contribution in [0.25, 0.3) is 0 Å². The Balaban J connectivity index is 1.95. The van der Waals surface area contributed by atoms with Crippen LogP contribution in [-0.4, -0.2) is 28.3 Å². The summed E-state index contributed by atoms with van der Waals surface area (Å²) in [4.78, 5) is 43.7. The lowest BCUT2D eigenvalue weighted by atomic mass is 10.2. The highest BCUT2D eigenvalue weighted by Gasteiger charge is 2.16. The van der Waals surface area contributed by atoms with Gasteiger partial charge in [0.25, 0.3) is 17.3 Å². The fourth-order valence-corrected chi connectivity index (χ4v) is 1.86. The number of amides is 1. The SMILES string of the molecule is O=C(COC(=O)c1ccc([N+](=O)[O-])cc1)Nc1ccccc1[N+](=O)[O-]. The van der Waals surface area contributed by atoms with Gasteiger partial charge in [-0.25, -0.2) is 4.79 Å². The molecule has 1 amide bonds. The van der Waals surface area contributed by atoms with Crippen molar-refractivity contribution in [1.29, 1.82) is 0 Å². The standard InChI is InChI=1S/C15H11N3O7/c19-14(16-12-3-1-2-4-13(12)18(23)24)9-25-15(20)10-5-7-11(8-6-10)17(21)22/h1-8H,9H2,(H,16,19). The summed E-state index contributed by atoms with van der Waals surface area (Å²) < 4.78 is 4.77. The quantitative estimate of drug-likeness (QED) is 0.481. The predicted octanol–water partition coefficient (Wildman–Crippen LogP) is 2.30. The van der Waals surface area contributed by atoms with E-state index in [2.05, 4.69) is 5.32 Å². The van der Waals surface area contributed by atoms with E-state index in [0.717, 1.165) is 12.1 Å². The van der Waals surface area contributed by atoms with Gasteiger partial charge in [0.2, 0.25) is 0 Å². The first-order valence-corrected chi connectivity index (χ1v) is 6.83. The van der Waals surface area contributed by atoms with Crippen LogP contribution >= 0.6 is 0 Å². The third-order valence-corrected chi connectivity index (χ3v) is 3.02. The largest absolute Gasteiger partial charge is 0.452 e. The summed E-state index contributed by atoms with van der Waals surface area (Å²) in [6.45, 7) is -0.665. The van der Waals surface area contributed by atoms with Gasteiger partial charge in [0.15, 0.2) is 6.61 Å². The van der Waals surface area contributed by atoms with Crippen LogP contribution in [-0.2, 0) is 9.53 Å². The first-order chi connectivity index (χ1) is 11.9. The summed E-state index contributed by atoms with van der Waals surface area (Å²) in [6, 6.07) is 10.2. The van der Waals surface area contributed by atoms with Crippen molar-refractivity contribution in [1.82, 2.24) is 0 Å². The minimum absolute atomic E-state index is 0.0242. The molecule has 2 rings (SSSR count). The maximum atomic E-state index is 11.8. The summed E-state index contributed by atoms with van der Waals surface area (Å²) in [6.07, 6.45) is 0. The number of nitro benzene ring substituents is 2. The number of anilines is 1. The number of hydrogen-bond donors (Lipinski definition) is 1. The number of non-ortho nitro benzene ring substituents is 1. The number of nitrogens with zero attached hydrogens (tertiary/aromatic N) is 2. The van der Waals surface area contributed by atoms with Gasteiger partial charge in [-0.15, -0.1) is 0 Å². The van der Waals surface area contributed by atoms with Crippen molar-refractivity contribution in [2.45, 2.75) is 0 Å². The van der Waals surface area contributed by atoms with Gasteiger partial charge in [-0.2, -0.15) is 0 Å². The van der Waals surface area contributed by atoms with Crippen molar-refractivity contribution in [3.05, 3.63) is 74.3 Å². The highest BCUT2D eigenvalue weighted by atomic mass is 16.6. The van der Waals surface area contributed by atoms with Gasteiger partial charge >= 0.3 is 5.97 Å². The second-order valence-corrected chi connectivity index (χ2v) is 4.70. The number of carbonyl (C=O) groups excluding carboxylic acids is 2. The molecule has 0 fully saturated rings. The lowest BCUT2D eigenvalue weighted by Gasteiger charge is -2.07. The molecule has 25 heavy (non-hydrogen) atoms. The minimum Gasteiger partial charge on any atom is -0.452 e. The number of ether oxygens (including phenoxy) is 1. The second-order valence-electron chi connectivity index (χ2n) is 4.70. The zero-order chi connectivity index (χ0) is 18.4. The summed E-state index contributed by atoms with van der Waals surface area (Å²) in [5, 5.41) is 23.7. The van der Waals surface area contributed by atoms with E-state index >= 15 is 0 Å². The molecule has 0 aliphatic rings. The van der Waals surface area contributed by atoms with Gasteiger partial charge in [0, 0.05) is 18.2 Å². The van der Waals surface area contributed by atoms with E-state index in [1.54, 1.807) is 0 Å². The molecule has 0 aliphatic carbocycles. The number of nitro groups is 2. The number of nitrogens with one attached hydrogen (secondary N) is 1. The number of carbonyl (C=O) groups is 2. The Labute approximate surface area is 140 Å². The molecular weight excluding hydrogens is 334 g/mol. The molecule has 10 heteroatoms. The Morgan fingerprint density at radius 3 is 2.20 bits per heavy atom. The average molecular weight is 345 g/mol. The van der Waals surface area contributed by atoms with E-state index in [9.17, 15) is 29.8 Å². The average Bonchev–Trinajstić information content (AvgIpc) is 2.60. The van der Waals surface area contributed by atoms with Crippen LogP contribution in [0.1, 0.15) is 10.4 Å². The van der Waals surface area contributed by atoms with Crippen LogP contribution in [0.2, 0.25) is 0 Å². The summed E-state index contributed by atoms with van der Waals surface area (Å²) in [5.41, 5.74) is -0.476. The van der Waals surface area contributed by atoms with E-state index < -0.39 is 28.3 Å². The van der Waals surface area contributed by atoms with Crippen molar-refractivity contribution in [2.75, 3.05) is 11.9 Å². The second kappa shape index (κ2) is 7.64. The highest BCUT2D eigenvalue weighted by molar-refractivity contribution is 5.96.